The molecule has 5 nitrogen and oxygen atoms in total. The number of rotatable bonds is 2. The Morgan fingerprint density at radius 1 is 1.53 bits per heavy atom. The van der Waals surface area contributed by atoms with Crippen molar-refractivity contribution in [3.63, 3.8) is 0 Å². The fourth-order valence-corrected chi connectivity index (χ4v) is 2.25. The van der Waals surface area contributed by atoms with Crippen LogP contribution in [0.25, 0.3) is 0 Å². The predicted octanol–water partition coefficient (Wildman–Crippen LogP) is 0.990. The number of aromatic nitrogens is 1. The number of pyridine rings is 1. The van der Waals surface area contributed by atoms with E-state index in [1.807, 2.05) is 6.07 Å². The molecule has 1 aromatic rings. The molecule has 1 N–H and O–H groups in total. The van der Waals surface area contributed by atoms with Crippen molar-refractivity contribution in [1.29, 1.82) is 0 Å². The highest BCUT2D eigenvalue weighted by molar-refractivity contribution is 5.92. The Kier molecular flexibility index (Phi) is 4.04. The minimum atomic E-state index is -0.310. The predicted molar refractivity (Wildman–Crippen MR) is 74.3 cm³/mol. The van der Waals surface area contributed by atoms with Crippen molar-refractivity contribution < 1.29 is 9.90 Å². The Bertz CT molecular complexity index is 462. The number of piperidine rings is 1. The molecule has 104 valence electrons. The van der Waals surface area contributed by atoms with Crippen molar-refractivity contribution in [2.75, 3.05) is 32.1 Å². The second-order valence-corrected chi connectivity index (χ2v) is 5.38. The van der Waals surface area contributed by atoms with Gasteiger partial charge in [0.2, 0.25) is 0 Å². The van der Waals surface area contributed by atoms with Crippen LogP contribution in [0.4, 0.5) is 5.69 Å². The summed E-state index contributed by atoms with van der Waals surface area (Å²) < 4.78 is 0. The molecule has 19 heavy (non-hydrogen) atoms. The molecule has 2 heterocycles. The highest BCUT2D eigenvalue weighted by atomic mass is 16.3. The van der Waals surface area contributed by atoms with E-state index in [9.17, 15) is 9.90 Å². The standard InChI is InChI=1S/C14H21N3O2/c1-10-5-7-17(9-13(10)18)11-4-6-15-12(8-11)14(19)16(2)3/h4,6,8,10,13,18H,5,7,9H2,1-3H3. The number of nitrogens with zero attached hydrogens (tertiary/aromatic N) is 3. The first-order valence-electron chi connectivity index (χ1n) is 6.59. The third kappa shape index (κ3) is 3.04. The number of aliphatic hydroxyl groups excluding tert-OH is 1. The molecule has 2 atom stereocenters. The van der Waals surface area contributed by atoms with Crippen LogP contribution in [0, 0.1) is 5.92 Å². The van der Waals surface area contributed by atoms with Gasteiger partial charge >= 0.3 is 0 Å². The van der Waals surface area contributed by atoms with Gasteiger partial charge in [-0.3, -0.25) is 9.78 Å². The van der Waals surface area contributed by atoms with E-state index in [1.54, 1.807) is 26.4 Å². The monoisotopic (exact) mass is 263 g/mol. The summed E-state index contributed by atoms with van der Waals surface area (Å²) in [5.74, 6) is 0.230. The van der Waals surface area contributed by atoms with Crippen molar-refractivity contribution in [1.82, 2.24) is 9.88 Å². The molecule has 2 rings (SSSR count). The van der Waals surface area contributed by atoms with Gasteiger partial charge in [-0.1, -0.05) is 6.92 Å². The first-order chi connectivity index (χ1) is 8.99. The van der Waals surface area contributed by atoms with Crippen LogP contribution in [0.1, 0.15) is 23.8 Å². The van der Waals surface area contributed by atoms with Gasteiger partial charge in [-0.15, -0.1) is 0 Å². The molecule has 1 saturated heterocycles. The Morgan fingerprint density at radius 2 is 2.26 bits per heavy atom. The second kappa shape index (κ2) is 5.57. The summed E-state index contributed by atoms with van der Waals surface area (Å²) in [5, 5.41) is 9.94. The smallest absolute Gasteiger partial charge is 0.272 e. The Morgan fingerprint density at radius 3 is 2.89 bits per heavy atom. The lowest BCUT2D eigenvalue weighted by Gasteiger charge is -2.35. The zero-order chi connectivity index (χ0) is 14.0. The lowest BCUT2D eigenvalue weighted by atomic mass is 9.96. The zero-order valence-corrected chi connectivity index (χ0v) is 11.7. The van der Waals surface area contributed by atoms with Crippen LogP contribution in [0.2, 0.25) is 0 Å². The van der Waals surface area contributed by atoms with Gasteiger partial charge in [0.1, 0.15) is 5.69 Å². The van der Waals surface area contributed by atoms with Gasteiger partial charge < -0.3 is 14.9 Å². The summed E-state index contributed by atoms with van der Waals surface area (Å²) in [7, 11) is 3.42. The summed E-state index contributed by atoms with van der Waals surface area (Å²) in [6.07, 6.45) is 2.30. The molecular weight excluding hydrogens is 242 g/mol. The fourth-order valence-electron chi connectivity index (χ4n) is 2.25. The number of hydrogen-bond donors (Lipinski definition) is 1. The van der Waals surface area contributed by atoms with Gasteiger partial charge in [-0.25, -0.2) is 0 Å². The van der Waals surface area contributed by atoms with E-state index >= 15 is 0 Å². The fraction of sp³-hybridized carbons (Fsp3) is 0.571. The first-order valence-corrected chi connectivity index (χ1v) is 6.59. The van der Waals surface area contributed by atoms with Crippen molar-refractivity contribution in [2.24, 2.45) is 5.92 Å². The van der Waals surface area contributed by atoms with E-state index in [0.717, 1.165) is 18.7 Å². The topological polar surface area (TPSA) is 56.7 Å². The lowest BCUT2D eigenvalue weighted by Crippen LogP contribution is -2.43. The molecule has 0 spiro atoms. The van der Waals surface area contributed by atoms with Crippen LogP contribution in [-0.2, 0) is 0 Å². The summed E-state index contributed by atoms with van der Waals surface area (Å²) in [5.41, 5.74) is 1.39. The van der Waals surface area contributed by atoms with Crippen molar-refractivity contribution in [2.45, 2.75) is 19.4 Å². The molecule has 0 aromatic carbocycles. The number of hydrogen-bond acceptors (Lipinski definition) is 4. The van der Waals surface area contributed by atoms with Gasteiger partial charge in [0.15, 0.2) is 0 Å². The molecule has 0 bridgehead atoms. The van der Waals surface area contributed by atoms with Crippen LogP contribution in [0.5, 0.6) is 0 Å². The van der Waals surface area contributed by atoms with Gasteiger partial charge in [0.25, 0.3) is 5.91 Å². The van der Waals surface area contributed by atoms with Crippen LogP contribution in [-0.4, -0.2) is 54.2 Å². The third-order valence-electron chi connectivity index (χ3n) is 3.65. The van der Waals surface area contributed by atoms with Crippen LogP contribution in [0.3, 0.4) is 0 Å². The Hall–Kier alpha value is -1.62. The SMILES string of the molecule is CC1CCN(c2ccnc(C(=O)N(C)C)c2)CC1O. The number of amides is 1. The summed E-state index contributed by atoms with van der Waals surface area (Å²) in [6.45, 7) is 3.58. The molecule has 1 amide bonds. The van der Waals surface area contributed by atoms with Gasteiger partial charge in [-0.05, 0) is 24.5 Å². The number of β-amino-alcohol motifs (C(OH)–C–C–N with tert-alkyl or cyclic N) is 1. The van der Waals surface area contributed by atoms with Gasteiger partial charge in [-0.2, -0.15) is 0 Å². The van der Waals surface area contributed by atoms with Crippen molar-refractivity contribution in [3.8, 4) is 0 Å². The molecule has 0 radical (unpaired) electrons. The number of anilines is 1. The molecule has 0 saturated carbocycles. The number of carbonyl (C=O) groups is 1. The van der Waals surface area contributed by atoms with E-state index in [-0.39, 0.29) is 12.0 Å². The maximum atomic E-state index is 11.9. The highest BCUT2D eigenvalue weighted by Gasteiger charge is 2.25. The molecule has 1 aromatic heterocycles. The largest absolute Gasteiger partial charge is 0.391 e. The summed E-state index contributed by atoms with van der Waals surface area (Å²) >= 11 is 0. The molecular formula is C14H21N3O2. The zero-order valence-electron chi connectivity index (χ0n) is 11.7. The minimum absolute atomic E-state index is 0.104. The summed E-state index contributed by atoms with van der Waals surface area (Å²) in [4.78, 5) is 19.6. The Balaban J connectivity index is 2.17. The quantitative estimate of drug-likeness (QED) is 0.864. The van der Waals surface area contributed by atoms with Crippen molar-refractivity contribution >= 4 is 11.6 Å². The minimum Gasteiger partial charge on any atom is -0.391 e. The first kappa shape index (κ1) is 13.8. The van der Waals surface area contributed by atoms with Crippen LogP contribution >= 0.6 is 0 Å². The highest BCUT2D eigenvalue weighted by Crippen LogP contribution is 2.23. The van der Waals surface area contributed by atoms with Gasteiger partial charge in [0, 0.05) is 39.1 Å². The average molecular weight is 263 g/mol. The van der Waals surface area contributed by atoms with Gasteiger partial charge in [0.05, 0.1) is 6.10 Å². The van der Waals surface area contributed by atoms with E-state index in [0.29, 0.717) is 18.2 Å². The molecule has 5 heteroatoms. The van der Waals surface area contributed by atoms with Crippen LogP contribution in [0.15, 0.2) is 18.3 Å². The molecule has 1 fully saturated rings. The molecule has 1 aliphatic rings. The normalized spacial score (nSPS) is 23.3. The number of aliphatic hydroxyl groups is 1. The average Bonchev–Trinajstić information content (AvgIpc) is 2.41. The second-order valence-electron chi connectivity index (χ2n) is 5.38. The summed E-state index contributed by atoms with van der Waals surface area (Å²) in [6, 6.07) is 3.68. The van der Waals surface area contributed by atoms with E-state index in [4.69, 9.17) is 0 Å². The Labute approximate surface area is 113 Å². The van der Waals surface area contributed by atoms with E-state index < -0.39 is 0 Å². The van der Waals surface area contributed by atoms with E-state index in [2.05, 4.69) is 16.8 Å². The van der Waals surface area contributed by atoms with E-state index in [1.165, 1.54) is 4.90 Å². The molecule has 0 aliphatic carbocycles. The number of carbonyl (C=O) groups excluding carboxylic acids is 1. The lowest BCUT2D eigenvalue weighted by molar-refractivity contribution is 0.0822. The van der Waals surface area contributed by atoms with Crippen LogP contribution < -0.4 is 4.90 Å². The molecule has 2 unspecified atom stereocenters. The van der Waals surface area contributed by atoms with Crippen molar-refractivity contribution in [3.05, 3.63) is 24.0 Å². The third-order valence-corrected chi connectivity index (χ3v) is 3.65. The maximum absolute atomic E-state index is 11.9. The maximum Gasteiger partial charge on any atom is 0.272 e. The molecule has 1 aliphatic heterocycles.